The third-order valence-corrected chi connectivity index (χ3v) is 8.58. The number of benzene rings is 2. The lowest BCUT2D eigenvalue weighted by Gasteiger charge is -2.36. The Kier molecular flexibility index (Phi) is 7.47. The van der Waals surface area contributed by atoms with E-state index in [0.717, 1.165) is 72.5 Å². The van der Waals surface area contributed by atoms with Gasteiger partial charge in [0, 0.05) is 29.6 Å². The highest BCUT2D eigenvalue weighted by Gasteiger charge is 2.46. The number of carbonyl (C=O) groups is 2. The van der Waals surface area contributed by atoms with Crippen LogP contribution in [0.15, 0.2) is 65.4 Å². The van der Waals surface area contributed by atoms with Crippen molar-refractivity contribution in [1.82, 2.24) is 19.8 Å². The molecule has 0 bridgehead atoms. The van der Waals surface area contributed by atoms with Gasteiger partial charge in [0.05, 0.1) is 30.9 Å². The number of rotatable bonds is 8. The fourth-order valence-corrected chi connectivity index (χ4v) is 6.41. The Hall–Kier alpha value is -4.20. The maximum Gasteiger partial charge on any atom is 0.341 e. The van der Waals surface area contributed by atoms with Crippen LogP contribution in [0.1, 0.15) is 95.0 Å². The summed E-state index contributed by atoms with van der Waals surface area (Å²) in [5.41, 5.74) is 5.86. The van der Waals surface area contributed by atoms with Gasteiger partial charge in [0.1, 0.15) is 11.3 Å². The molecule has 8 heteroatoms. The first kappa shape index (κ1) is 27.0. The number of amides is 1. The summed E-state index contributed by atoms with van der Waals surface area (Å²) in [5.74, 6) is 0.805. The summed E-state index contributed by atoms with van der Waals surface area (Å²) in [7, 11) is 1.39. The van der Waals surface area contributed by atoms with Crippen LogP contribution in [0.5, 0.6) is 0 Å². The lowest BCUT2D eigenvalue weighted by Crippen LogP contribution is -2.43. The van der Waals surface area contributed by atoms with Crippen LogP contribution in [0.2, 0.25) is 0 Å². The Balaban J connectivity index is 1.32. The fourth-order valence-electron chi connectivity index (χ4n) is 6.41. The Morgan fingerprint density at radius 1 is 1.05 bits per heavy atom. The molecule has 2 aromatic carbocycles. The van der Waals surface area contributed by atoms with Crippen molar-refractivity contribution >= 4 is 11.9 Å². The highest BCUT2D eigenvalue weighted by Crippen LogP contribution is 2.56. The van der Waals surface area contributed by atoms with Gasteiger partial charge < -0.3 is 14.2 Å². The number of hydrogen-bond donors (Lipinski definition) is 0. The molecular weight excluding hydrogens is 516 g/mol. The van der Waals surface area contributed by atoms with Crippen LogP contribution in [-0.4, -0.2) is 51.4 Å². The van der Waals surface area contributed by atoms with Crippen LogP contribution in [0.4, 0.5) is 0 Å². The van der Waals surface area contributed by atoms with Crippen molar-refractivity contribution in [3.63, 3.8) is 0 Å². The van der Waals surface area contributed by atoms with E-state index in [9.17, 15) is 9.59 Å². The minimum absolute atomic E-state index is 0.0925. The summed E-state index contributed by atoms with van der Waals surface area (Å²) in [6.07, 6.45) is 9.69. The first-order chi connectivity index (χ1) is 20.0. The molecule has 3 atom stereocenters. The van der Waals surface area contributed by atoms with Crippen LogP contribution in [-0.2, 0) is 4.74 Å². The highest BCUT2D eigenvalue weighted by molar-refractivity contribution is 5.96. The van der Waals surface area contributed by atoms with Crippen molar-refractivity contribution in [3.05, 3.63) is 89.1 Å². The molecule has 3 heterocycles. The maximum absolute atomic E-state index is 13.6. The standard InChI is InChI=1S/C33H36N4O4/c1-4-9-25-13-5-6-15-36(25)32(38)24-12-7-10-22(16-24)23-11-8-14-26(17-23)37-31(30(19-34-37)33(39)40-3)28-18-27(28)29-20-35-41-21(29)2/h7-8,10-12,14,16-17,19-20,25,27-28H,4-6,9,13,15,18H2,1-3H3. The molecule has 1 amide bonds. The van der Waals surface area contributed by atoms with E-state index in [1.54, 1.807) is 12.4 Å². The molecule has 0 N–H and O–H groups in total. The second-order valence-corrected chi connectivity index (χ2v) is 11.2. The van der Waals surface area contributed by atoms with Gasteiger partial charge in [0.15, 0.2) is 0 Å². The van der Waals surface area contributed by atoms with Gasteiger partial charge in [0.25, 0.3) is 5.91 Å². The molecule has 41 heavy (non-hydrogen) atoms. The molecule has 212 valence electrons. The zero-order valence-corrected chi connectivity index (χ0v) is 23.9. The molecule has 1 aliphatic carbocycles. The smallest absolute Gasteiger partial charge is 0.341 e. The van der Waals surface area contributed by atoms with Crippen molar-refractivity contribution in [2.24, 2.45) is 0 Å². The Labute approximate surface area is 240 Å². The molecule has 1 saturated carbocycles. The predicted molar refractivity (Wildman–Crippen MR) is 155 cm³/mol. The van der Waals surface area contributed by atoms with Crippen LogP contribution in [0.25, 0.3) is 16.8 Å². The first-order valence-electron chi connectivity index (χ1n) is 14.6. The second-order valence-electron chi connectivity index (χ2n) is 11.2. The molecule has 6 rings (SSSR count). The molecule has 4 aromatic rings. The number of likely N-dealkylation sites (tertiary alicyclic amines) is 1. The zero-order chi connectivity index (χ0) is 28.5. The molecule has 2 aromatic heterocycles. The van der Waals surface area contributed by atoms with Gasteiger partial charge in [-0.2, -0.15) is 5.10 Å². The molecule has 2 fully saturated rings. The van der Waals surface area contributed by atoms with E-state index in [0.29, 0.717) is 17.2 Å². The summed E-state index contributed by atoms with van der Waals surface area (Å²) in [6, 6.07) is 16.3. The SMILES string of the molecule is CCCC1CCCCN1C(=O)c1cccc(-c2cccc(-n3ncc(C(=O)OC)c3C3CC3c3cnoc3C)c2)c1. The van der Waals surface area contributed by atoms with Crippen molar-refractivity contribution < 1.29 is 18.8 Å². The Morgan fingerprint density at radius 3 is 2.61 bits per heavy atom. The largest absolute Gasteiger partial charge is 0.465 e. The molecule has 0 radical (unpaired) electrons. The highest BCUT2D eigenvalue weighted by atomic mass is 16.5. The number of nitrogens with zero attached hydrogens (tertiary/aromatic N) is 4. The number of ether oxygens (including phenoxy) is 1. The van der Waals surface area contributed by atoms with Crippen molar-refractivity contribution in [2.75, 3.05) is 13.7 Å². The quantitative estimate of drug-likeness (QED) is 0.226. The van der Waals surface area contributed by atoms with Crippen molar-refractivity contribution in [2.45, 2.75) is 70.3 Å². The number of hydrogen-bond acceptors (Lipinski definition) is 6. The number of aryl methyl sites for hydroxylation is 1. The van der Waals surface area contributed by atoms with E-state index < -0.39 is 5.97 Å². The van der Waals surface area contributed by atoms with Gasteiger partial charge in [-0.25, -0.2) is 9.48 Å². The summed E-state index contributed by atoms with van der Waals surface area (Å²) in [6.45, 7) is 4.92. The average molecular weight is 553 g/mol. The minimum atomic E-state index is -0.402. The molecule has 2 aliphatic rings. The molecular formula is C33H36N4O4. The summed E-state index contributed by atoms with van der Waals surface area (Å²) in [4.78, 5) is 28.4. The average Bonchev–Trinajstić information content (AvgIpc) is 3.45. The first-order valence-corrected chi connectivity index (χ1v) is 14.6. The van der Waals surface area contributed by atoms with E-state index in [1.165, 1.54) is 13.5 Å². The summed E-state index contributed by atoms with van der Waals surface area (Å²) < 4.78 is 12.2. The van der Waals surface area contributed by atoms with Gasteiger partial charge in [-0.3, -0.25) is 4.79 Å². The van der Waals surface area contributed by atoms with Gasteiger partial charge in [-0.15, -0.1) is 0 Å². The number of piperidine rings is 1. The normalized spacial score (nSPS) is 20.2. The third kappa shape index (κ3) is 5.19. The predicted octanol–water partition coefficient (Wildman–Crippen LogP) is 6.69. The van der Waals surface area contributed by atoms with Crippen LogP contribution in [0, 0.1) is 6.92 Å². The Morgan fingerprint density at radius 2 is 1.85 bits per heavy atom. The summed E-state index contributed by atoms with van der Waals surface area (Å²) in [5, 5.41) is 8.58. The molecule has 1 aliphatic heterocycles. The lowest BCUT2D eigenvalue weighted by atomic mass is 9.96. The maximum atomic E-state index is 13.6. The minimum Gasteiger partial charge on any atom is -0.465 e. The zero-order valence-electron chi connectivity index (χ0n) is 23.9. The lowest BCUT2D eigenvalue weighted by molar-refractivity contribution is 0.0592. The van der Waals surface area contributed by atoms with E-state index in [-0.39, 0.29) is 17.7 Å². The van der Waals surface area contributed by atoms with Gasteiger partial charge in [0.2, 0.25) is 0 Å². The van der Waals surface area contributed by atoms with Crippen LogP contribution in [0.3, 0.4) is 0 Å². The van der Waals surface area contributed by atoms with E-state index in [2.05, 4.69) is 28.1 Å². The number of methoxy groups -OCH3 is 1. The van der Waals surface area contributed by atoms with Gasteiger partial charge in [-0.1, -0.05) is 42.8 Å². The fraction of sp³-hybridized carbons (Fsp3) is 0.394. The van der Waals surface area contributed by atoms with E-state index >= 15 is 0 Å². The monoisotopic (exact) mass is 552 g/mol. The second kappa shape index (κ2) is 11.4. The number of carbonyl (C=O) groups excluding carboxylic acids is 2. The third-order valence-electron chi connectivity index (χ3n) is 8.58. The van der Waals surface area contributed by atoms with E-state index in [1.807, 2.05) is 54.1 Å². The van der Waals surface area contributed by atoms with Crippen molar-refractivity contribution in [1.29, 1.82) is 0 Å². The molecule has 3 unspecified atom stereocenters. The molecule has 0 spiro atoms. The van der Waals surface area contributed by atoms with E-state index in [4.69, 9.17) is 9.26 Å². The molecule has 1 saturated heterocycles. The number of aromatic nitrogens is 3. The molecule has 8 nitrogen and oxygen atoms in total. The topological polar surface area (TPSA) is 90.5 Å². The van der Waals surface area contributed by atoms with Gasteiger partial charge in [-0.05, 0) is 80.3 Å². The van der Waals surface area contributed by atoms with Crippen LogP contribution >= 0.6 is 0 Å². The van der Waals surface area contributed by atoms with Gasteiger partial charge >= 0.3 is 5.97 Å². The summed E-state index contributed by atoms with van der Waals surface area (Å²) >= 11 is 0. The van der Waals surface area contributed by atoms with Crippen LogP contribution < -0.4 is 0 Å². The van der Waals surface area contributed by atoms with Crippen molar-refractivity contribution in [3.8, 4) is 16.8 Å². The Bertz CT molecular complexity index is 1570. The number of esters is 1.